The summed E-state index contributed by atoms with van der Waals surface area (Å²) in [6.07, 6.45) is 0.768. The van der Waals surface area contributed by atoms with Crippen LogP contribution in [0.2, 0.25) is 5.02 Å². The fraction of sp³-hybridized carbons (Fsp3) is 0. The Morgan fingerprint density at radius 2 is 1.95 bits per heavy atom. The molecule has 3 rings (SSSR count). The number of carbonyl (C=O) groups excluding carboxylic acids is 1. The van der Waals surface area contributed by atoms with Crippen LogP contribution in [0.3, 0.4) is 0 Å². The molecule has 1 heterocycles. The first-order valence-electron chi connectivity index (χ1n) is 5.71. The Balaban J connectivity index is 2.16. The van der Waals surface area contributed by atoms with Gasteiger partial charge in [0.25, 0.3) is 0 Å². The number of hydrogen-bond donors (Lipinski definition) is 1. The van der Waals surface area contributed by atoms with E-state index in [-0.39, 0.29) is 5.82 Å². The molecule has 0 spiro atoms. The fourth-order valence-electron chi connectivity index (χ4n) is 2.10. The molecule has 0 aliphatic carbocycles. The van der Waals surface area contributed by atoms with Gasteiger partial charge in [0, 0.05) is 16.5 Å². The summed E-state index contributed by atoms with van der Waals surface area (Å²) in [6, 6.07) is 11.8. The minimum absolute atomic E-state index is 0.363. The number of rotatable bonds is 2. The van der Waals surface area contributed by atoms with Gasteiger partial charge in [0.15, 0.2) is 6.29 Å². The summed E-state index contributed by atoms with van der Waals surface area (Å²) < 4.78 is 13.0. The van der Waals surface area contributed by atoms with E-state index >= 15 is 0 Å². The first-order valence-corrected chi connectivity index (χ1v) is 6.08. The molecule has 0 bridgehead atoms. The Hall–Kier alpha value is -2.13. The third-order valence-electron chi connectivity index (χ3n) is 3.01. The lowest BCUT2D eigenvalue weighted by Crippen LogP contribution is -1.82. The van der Waals surface area contributed by atoms with Crippen LogP contribution in [0.25, 0.3) is 22.0 Å². The Morgan fingerprint density at radius 3 is 2.68 bits per heavy atom. The van der Waals surface area contributed by atoms with Crippen LogP contribution in [-0.2, 0) is 0 Å². The first kappa shape index (κ1) is 11.9. The van der Waals surface area contributed by atoms with Gasteiger partial charge < -0.3 is 4.98 Å². The lowest BCUT2D eigenvalue weighted by Gasteiger charge is -2.04. The highest BCUT2D eigenvalue weighted by molar-refractivity contribution is 6.33. The van der Waals surface area contributed by atoms with E-state index in [0.717, 1.165) is 28.3 Å². The van der Waals surface area contributed by atoms with Gasteiger partial charge in [-0.2, -0.15) is 0 Å². The second-order valence-corrected chi connectivity index (χ2v) is 4.68. The van der Waals surface area contributed by atoms with Crippen molar-refractivity contribution in [2.75, 3.05) is 0 Å². The van der Waals surface area contributed by atoms with Crippen molar-refractivity contribution in [3.05, 3.63) is 59.0 Å². The maximum Gasteiger partial charge on any atom is 0.166 e. The van der Waals surface area contributed by atoms with E-state index in [2.05, 4.69) is 4.98 Å². The lowest BCUT2D eigenvalue weighted by molar-refractivity contribution is 0.112. The number of halogens is 2. The van der Waals surface area contributed by atoms with Crippen LogP contribution in [0.1, 0.15) is 10.5 Å². The van der Waals surface area contributed by atoms with E-state index in [0.29, 0.717) is 10.7 Å². The molecule has 0 aliphatic rings. The van der Waals surface area contributed by atoms with Gasteiger partial charge >= 0.3 is 0 Å². The van der Waals surface area contributed by atoms with Crippen LogP contribution in [0.5, 0.6) is 0 Å². The van der Waals surface area contributed by atoms with Crippen molar-refractivity contribution in [3.8, 4) is 11.1 Å². The maximum absolute atomic E-state index is 13.0. The average Bonchev–Trinajstić information content (AvgIpc) is 2.80. The Kier molecular flexibility index (Phi) is 2.84. The number of nitrogens with one attached hydrogen (secondary N) is 1. The van der Waals surface area contributed by atoms with Gasteiger partial charge in [-0.1, -0.05) is 23.7 Å². The molecule has 0 atom stereocenters. The SMILES string of the molecule is O=Cc1cc2ccc(-c3ccc(F)cc3Cl)cc2[nH]1. The zero-order valence-corrected chi connectivity index (χ0v) is 10.5. The zero-order valence-electron chi connectivity index (χ0n) is 9.78. The van der Waals surface area contributed by atoms with E-state index < -0.39 is 0 Å². The summed E-state index contributed by atoms with van der Waals surface area (Å²) in [6.45, 7) is 0. The van der Waals surface area contributed by atoms with Crippen molar-refractivity contribution in [1.29, 1.82) is 0 Å². The molecule has 1 aromatic heterocycles. The summed E-state index contributed by atoms with van der Waals surface area (Å²) in [4.78, 5) is 13.7. The van der Waals surface area contributed by atoms with Crippen molar-refractivity contribution in [2.45, 2.75) is 0 Å². The van der Waals surface area contributed by atoms with Crippen LogP contribution >= 0.6 is 11.6 Å². The minimum atomic E-state index is -0.363. The van der Waals surface area contributed by atoms with Crippen molar-refractivity contribution in [3.63, 3.8) is 0 Å². The van der Waals surface area contributed by atoms with Gasteiger partial charge in [0.1, 0.15) is 5.82 Å². The lowest BCUT2D eigenvalue weighted by atomic mass is 10.0. The number of hydrogen-bond acceptors (Lipinski definition) is 1. The maximum atomic E-state index is 13.0. The van der Waals surface area contributed by atoms with Gasteiger partial charge in [0.2, 0.25) is 0 Å². The molecule has 1 N–H and O–H groups in total. The summed E-state index contributed by atoms with van der Waals surface area (Å²) in [7, 11) is 0. The molecular formula is C15H9ClFNO. The molecule has 94 valence electrons. The molecule has 0 unspecified atom stereocenters. The number of carbonyl (C=O) groups is 1. The largest absolute Gasteiger partial charge is 0.352 e. The van der Waals surface area contributed by atoms with E-state index in [1.54, 1.807) is 12.1 Å². The highest BCUT2D eigenvalue weighted by Gasteiger charge is 2.07. The monoisotopic (exact) mass is 273 g/mol. The summed E-state index contributed by atoms with van der Waals surface area (Å²) >= 11 is 6.04. The van der Waals surface area contributed by atoms with Crippen LogP contribution in [0.15, 0.2) is 42.5 Å². The minimum Gasteiger partial charge on any atom is -0.352 e. The molecule has 0 saturated heterocycles. The molecule has 0 amide bonds. The summed E-state index contributed by atoms with van der Waals surface area (Å²) in [5, 5.41) is 1.31. The zero-order chi connectivity index (χ0) is 13.4. The molecule has 2 nitrogen and oxygen atoms in total. The van der Waals surface area contributed by atoms with Crippen molar-refractivity contribution >= 4 is 28.8 Å². The van der Waals surface area contributed by atoms with E-state index in [4.69, 9.17) is 11.6 Å². The normalized spacial score (nSPS) is 10.8. The second kappa shape index (κ2) is 4.52. The molecule has 0 radical (unpaired) electrons. The number of fused-ring (bicyclic) bond motifs is 1. The number of aromatic amines is 1. The highest BCUT2D eigenvalue weighted by atomic mass is 35.5. The van der Waals surface area contributed by atoms with Crippen molar-refractivity contribution < 1.29 is 9.18 Å². The van der Waals surface area contributed by atoms with Gasteiger partial charge in [-0.05, 0) is 35.9 Å². The summed E-state index contributed by atoms with van der Waals surface area (Å²) in [5.41, 5.74) is 3.00. The van der Waals surface area contributed by atoms with E-state index in [9.17, 15) is 9.18 Å². The molecular weight excluding hydrogens is 265 g/mol. The third-order valence-corrected chi connectivity index (χ3v) is 3.33. The Bertz CT molecular complexity index is 779. The molecule has 2 aromatic carbocycles. The Labute approximate surface area is 113 Å². The molecule has 3 aromatic rings. The predicted octanol–water partition coefficient (Wildman–Crippen LogP) is 4.44. The molecule has 4 heteroatoms. The molecule has 0 aliphatic heterocycles. The smallest absolute Gasteiger partial charge is 0.166 e. The number of H-pyrrole nitrogens is 1. The average molecular weight is 274 g/mol. The third kappa shape index (κ3) is 2.13. The quantitative estimate of drug-likeness (QED) is 0.688. The number of aldehydes is 1. The van der Waals surface area contributed by atoms with Crippen LogP contribution in [-0.4, -0.2) is 11.3 Å². The van der Waals surface area contributed by atoms with E-state index in [1.165, 1.54) is 12.1 Å². The van der Waals surface area contributed by atoms with Gasteiger partial charge in [-0.3, -0.25) is 4.79 Å². The topological polar surface area (TPSA) is 32.9 Å². The highest BCUT2D eigenvalue weighted by Crippen LogP contribution is 2.30. The second-order valence-electron chi connectivity index (χ2n) is 4.27. The predicted molar refractivity (Wildman–Crippen MR) is 74.1 cm³/mol. The van der Waals surface area contributed by atoms with Gasteiger partial charge in [-0.25, -0.2) is 4.39 Å². The van der Waals surface area contributed by atoms with Crippen molar-refractivity contribution in [1.82, 2.24) is 4.98 Å². The number of aromatic nitrogens is 1. The van der Waals surface area contributed by atoms with Crippen LogP contribution < -0.4 is 0 Å². The van der Waals surface area contributed by atoms with Gasteiger partial charge in [-0.15, -0.1) is 0 Å². The Morgan fingerprint density at radius 1 is 1.11 bits per heavy atom. The first-order chi connectivity index (χ1) is 9.17. The fourth-order valence-corrected chi connectivity index (χ4v) is 2.38. The molecule has 0 saturated carbocycles. The van der Waals surface area contributed by atoms with Crippen LogP contribution in [0.4, 0.5) is 4.39 Å². The number of benzene rings is 2. The summed E-state index contributed by atoms with van der Waals surface area (Å²) in [5.74, 6) is -0.363. The molecule has 19 heavy (non-hydrogen) atoms. The standard InChI is InChI=1S/C15H9ClFNO/c16-14-7-11(17)3-4-13(14)9-1-2-10-5-12(8-19)18-15(10)6-9/h1-8,18H. The van der Waals surface area contributed by atoms with Crippen molar-refractivity contribution in [2.24, 2.45) is 0 Å². The van der Waals surface area contributed by atoms with E-state index in [1.807, 2.05) is 18.2 Å². The van der Waals surface area contributed by atoms with Crippen LogP contribution in [0, 0.1) is 5.82 Å². The van der Waals surface area contributed by atoms with Gasteiger partial charge in [0.05, 0.1) is 10.7 Å². The molecule has 0 fully saturated rings.